The summed E-state index contributed by atoms with van der Waals surface area (Å²) in [5.74, 6) is 0. The van der Waals surface area contributed by atoms with Gasteiger partial charge in [-0.3, -0.25) is 0 Å². The molecule has 0 bridgehead atoms. The topological polar surface area (TPSA) is 0 Å². The first-order valence-electron chi connectivity index (χ1n) is 5.07. The van der Waals surface area contributed by atoms with Gasteiger partial charge in [0.15, 0.2) is 0 Å². The van der Waals surface area contributed by atoms with E-state index >= 15 is 0 Å². The molecule has 1 aromatic rings. The van der Waals surface area contributed by atoms with Gasteiger partial charge in [-0.25, -0.2) is 6.42 Å². The Kier molecular flexibility index (Phi) is 4.15. The van der Waals surface area contributed by atoms with Crippen LogP contribution in [0.3, 0.4) is 0 Å². The van der Waals surface area contributed by atoms with Gasteiger partial charge in [0.05, 0.1) is 0 Å². The van der Waals surface area contributed by atoms with E-state index in [2.05, 4.69) is 39.8 Å². The Morgan fingerprint density at radius 2 is 1.80 bits per heavy atom. The van der Waals surface area contributed by atoms with Crippen LogP contribution in [-0.2, 0) is 6.42 Å². The standard InChI is InChI=1S/C14H16.U/c1-5-12-8-13-9(2)6-7-10(3)14(13)11(12)4;/h6-7H,1,4-5,8H2,2-3H3;/q-2;+2. The molecule has 0 N–H and O–H groups in total. The molecular formula is C14H16U. The molecule has 1 aliphatic rings. The van der Waals surface area contributed by atoms with E-state index in [1.54, 1.807) is 0 Å². The zero-order chi connectivity index (χ0) is 10.3. The van der Waals surface area contributed by atoms with E-state index in [4.69, 9.17) is 0 Å². The van der Waals surface area contributed by atoms with Gasteiger partial charge in [0, 0.05) is 0 Å². The number of hydrogen-bond acceptors (Lipinski definition) is 0. The fraction of sp³-hybridized carbons (Fsp3) is 0.286. The zero-order valence-electron chi connectivity index (χ0n) is 9.48. The Labute approximate surface area is 117 Å². The number of rotatable bonds is 1. The molecule has 0 atom stereocenters. The number of allylic oxidation sites excluding steroid dienone is 2. The third kappa shape index (κ3) is 2.06. The maximum absolute atomic E-state index is 4.17. The van der Waals surface area contributed by atoms with Gasteiger partial charge in [-0.2, -0.15) is 18.1 Å². The van der Waals surface area contributed by atoms with Crippen molar-refractivity contribution in [3.63, 3.8) is 0 Å². The molecule has 0 spiro atoms. The van der Waals surface area contributed by atoms with Crippen LogP contribution in [0.15, 0.2) is 17.7 Å². The summed E-state index contributed by atoms with van der Waals surface area (Å²) in [6.07, 6.45) is 1.94. The van der Waals surface area contributed by atoms with E-state index in [-0.39, 0.29) is 31.1 Å². The van der Waals surface area contributed by atoms with Gasteiger partial charge in [-0.15, -0.1) is 11.1 Å². The summed E-state index contributed by atoms with van der Waals surface area (Å²) in [6, 6.07) is 4.39. The largest absolute Gasteiger partial charge is 2.00 e. The molecule has 0 aromatic heterocycles. The summed E-state index contributed by atoms with van der Waals surface area (Å²) < 4.78 is 0. The van der Waals surface area contributed by atoms with Gasteiger partial charge < -0.3 is 6.92 Å². The predicted octanol–water partition coefficient (Wildman–Crippen LogP) is 3.67. The SMILES string of the molecule is [CH2-]CC1=C([CH2-])c2c(C)ccc(C)c2C1.[U+2]. The fourth-order valence-electron chi connectivity index (χ4n) is 2.25. The molecule has 1 heteroatoms. The quantitative estimate of drug-likeness (QED) is 0.606. The Balaban J connectivity index is 0.00000112. The van der Waals surface area contributed by atoms with Crippen molar-refractivity contribution in [2.24, 2.45) is 0 Å². The first kappa shape index (κ1) is 12.9. The number of hydrogen-bond donors (Lipinski definition) is 0. The number of fused-ring (bicyclic) bond motifs is 1. The predicted molar refractivity (Wildman–Crippen MR) is 61.9 cm³/mol. The van der Waals surface area contributed by atoms with Crippen molar-refractivity contribution < 1.29 is 31.1 Å². The van der Waals surface area contributed by atoms with Crippen molar-refractivity contribution in [1.82, 2.24) is 0 Å². The number of benzene rings is 1. The van der Waals surface area contributed by atoms with Crippen molar-refractivity contribution >= 4 is 5.57 Å². The van der Waals surface area contributed by atoms with Gasteiger partial charge in [-0.05, 0) is 6.92 Å². The average molecular weight is 422 g/mol. The molecule has 0 nitrogen and oxygen atoms in total. The second kappa shape index (κ2) is 4.81. The maximum Gasteiger partial charge on any atom is 2.00 e. The van der Waals surface area contributed by atoms with E-state index < -0.39 is 0 Å². The van der Waals surface area contributed by atoms with Crippen LogP contribution in [0.5, 0.6) is 0 Å². The Hall–Kier alpha value is -0.118. The Bertz CT molecular complexity index is 414. The zero-order valence-corrected chi connectivity index (χ0v) is 13.6. The van der Waals surface area contributed by atoms with Crippen LogP contribution in [0.25, 0.3) is 5.57 Å². The van der Waals surface area contributed by atoms with E-state index in [9.17, 15) is 0 Å². The third-order valence-electron chi connectivity index (χ3n) is 3.18. The molecule has 0 heterocycles. The molecule has 0 saturated carbocycles. The summed E-state index contributed by atoms with van der Waals surface area (Å²) in [4.78, 5) is 0. The van der Waals surface area contributed by atoms with Crippen LogP contribution in [-0.4, -0.2) is 0 Å². The van der Waals surface area contributed by atoms with E-state index in [1.165, 1.54) is 33.4 Å². The molecule has 1 aliphatic carbocycles. The van der Waals surface area contributed by atoms with Gasteiger partial charge in [0.25, 0.3) is 0 Å². The molecule has 0 unspecified atom stereocenters. The summed E-state index contributed by atoms with van der Waals surface area (Å²) in [6.45, 7) is 12.5. The smallest absolute Gasteiger partial charge is 0.351 e. The molecule has 0 fully saturated rings. The van der Waals surface area contributed by atoms with Crippen LogP contribution >= 0.6 is 0 Å². The second-order valence-corrected chi connectivity index (χ2v) is 4.06. The van der Waals surface area contributed by atoms with Crippen molar-refractivity contribution in [2.45, 2.75) is 26.7 Å². The van der Waals surface area contributed by atoms with Gasteiger partial charge in [0.2, 0.25) is 0 Å². The van der Waals surface area contributed by atoms with Crippen LogP contribution in [0, 0.1) is 58.8 Å². The molecule has 0 aliphatic heterocycles. The average Bonchev–Trinajstić information content (AvgIpc) is 2.51. The van der Waals surface area contributed by atoms with Gasteiger partial charge in [0.1, 0.15) is 0 Å². The van der Waals surface area contributed by atoms with E-state index in [1.807, 2.05) is 0 Å². The first-order valence-corrected chi connectivity index (χ1v) is 5.07. The van der Waals surface area contributed by atoms with Crippen LogP contribution in [0.4, 0.5) is 0 Å². The fourth-order valence-corrected chi connectivity index (χ4v) is 2.25. The summed E-state index contributed by atoms with van der Waals surface area (Å²) >= 11 is 0. The maximum atomic E-state index is 4.17. The molecular weight excluding hydrogens is 406 g/mol. The van der Waals surface area contributed by atoms with Crippen molar-refractivity contribution in [1.29, 1.82) is 0 Å². The number of aryl methyl sites for hydroxylation is 2. The second-order valence-electron chi connectivity index (χ2n) is 4.06. The minimum atomic E-state index is 0. The van der Waals surface area contributed by atoms with Crippen LogP contribution < -0.4 is 0 Å². The Morgan fingerprint density at radius 1 is 1.20 bits per heavy atom. The molecule has 0 amide bonds. The molecule has 1 aromatic carbocycles. The van der Waals surface area contributed by atoms with Crippen LogP contribution in [0.1, 0.15) is 28.7 Å². The Morgan fingerprint density at radius 3 is 2.33 bits per heavy atom. The molecule has 2 rings (SSSR count). The molecule has 76 valence electrons. The van der Waals surface area contributed by atoms with Crippen molar-refractivity contribution in [3.05, 3.63) is 53.8 Å². The normalized spacial score (nSPS) is 13.8. The van der Waals surface area contributed by atoms with Crippen molar-refractivity contribution in [3.8, 4) is 0 Å². The third-order valence-corrected chi connectivity index (χ3v) is 3.18. The van der Waals surface area contributed by atoms with Crippen LogP contribution in [0.2, 0.25) is 0 Å². The summed E-state index contributed by atoms with van der Waals surface area (Å²) in [7, 11) is 0. The van der Waals surface area contributed by atoms with E-state index in [0.29, 0.717) is 0 Å². The summed E-state index contributed by atoms with van der Waals surface area (Å²) in [5, 5.41) is 0. The first-order chi connectivity index (χ1) is 6.65. The van der Waals surface area contributed by atoms with Crippen molar-refractivity contribution in [2.75, 3.05) is 0 Å². The molecule has 15 heavy (non-hydrogen) atoms. The minimum absolute atomic E-state index is 0. The van der Waals surface area contributed by atoms with Gasteiger partial charge >= 0.3 is 31.1 Å². The minimum Gasteiger partial charge on any atom is -0.351 e. The van der Waals surface area contributed by atoms with E-state index in [0.717, 1.165) is 12.8 Å². The monoisotopic (exact) mass is 422 g/mol. The molecule has 0 radical (unpaired) electrons. The molecule has 0 saturated heterocycles. The van der Waals surface area contributed by atoms with Gasteiger partial charge in [-0.1, -0.05) is 36.6 Å². The summed E-state index contributed by atoms with van der Waals surface area (Å²) in [5.41, 5.74) is 8.19.